The lowest BCUT2D eigenvalue weighted by Gasteiger charge is -2.19. The van der Waals surface area contributed by atoms with Crippen LogP contribution in [0, 0.1) is 0 Å². The summed E-state index contributed by atoms with van der Waals surface area (Å²) >= 11 is 3.60. The van der Waals surface area contributed by atoms with Crippen molar-refractivity contribution in [3.8, 4) is 11.5 Å². The van der Waals surface area contributed by atoms with E-state index in [0.29, 0.717) is 13.2 Å². The van der Waals surface area contributed by atoms with Crippen LogP contribution in [0.1, 0.15) is 42.9 Å². The average molecular weight is 313 g/mol. The molecular weight excluding hydrogens is 296 g/mol. The van der Waals surface area contributed by atoms with Gasteiger partial charge in [-0.25, -0.2) is 0 Å². The molecule has 3 nitrogen and oxygen atoms in total. The first-order chi connectivity index (χ1) is 8.77. The Bertz CT molecular complexity index is 459. The van der Waals surface area contributed by atoms with Crippen LogP contribution in [0.4, 0.5) is 0 Å². The zero-order valence-electron chi connectivity index (χ0n) is 10.2. The zero-order chi connectivity index (χ0) is 12.5. The summed E-state index contributed by atoms with van der Waals surface area (Å²) in [6.07, 6.45) is 4.41. The lowest BCUT2D eigenvalue weighted by atomic mass is 9.99. The molecule has 0 unspecified atom stereocenters. The number of hydrogen-bond donors (Lipinski definition) is 1. The highest BCUT2D eigenvalue weighted by atomic mass is 79.9. The van der Waals surface area contributed by atoms with Gasteiger partial charge < -0.3 is 14.6 Å². The molecule has 1 N–H and O–H groups in total. The normalized spacial score (nSPS) is 22.9. The molecule has 0 saturated heterocycles. The molecule has 0 aromatic heterocycles. The summed E-state index contributed by atoms with van der Waals surface area (Å²) in [6, 6.07) is 1.98. The maximum atomic E-state index is 10.4. The van der Waals surface area contributed by atoms with E-state index in [1.54, 1.807) is 0 Å². The molecule has 0 bridgehead atoms. The Balaban J connectivity index is 2.17. The molecule has 18 heavy (non-hydrogen) atoms. The van der Waals surface area contributed by atoms with Crippen molar-refractivity contribution in [3.05, 3.63) is 21.7 Å². The average Bonchev–Trinajstić information content (AvgIpc) is 2.68. The molecular formula is C14H17BrO3. The Labute approximate surface area is 115 Å². The molecule has 0 radical (unpaired) electrons. The van der Waals surface area contributed by atoms with Crippen LogP contribution in [-0.2, 0) is 6.42 Å². The predicted molar refractivity (Wildman–Crippen MR) is 72.3 cm³/mol. The predicted octanol–water partition coefficient (Wildman–Crippen LogP) is 3.37. The quantitative estimate of drug-likeness (QED) is 0.746. The number of aliphatic hydroxyl groups excluding tert-OH is 1. The topological polar surface area (TPSA) is 38.7 Å². The Morgan fingerprint density at radius 2 is 2.00 bits per heavy atom. The molecule has 0 fully saturated rings. The summed E-state index contributed by atoms with van der Waals surface area (Å²) in [5, 5.41) is 10.4. The largest absolute Gasteiger partial charge is 0.490 e. The van der Waals surface area contributed by atoms with Crippen molar-refractivity contribution in [1.29, 1.82) is 0 Å². The molecule has 1 aliphatic carbocycles. The molecule has 0 spiro atoms. The van der Waals surface area contributed by atoms with E-state index in [1.165, 1.54) is 5.56 Å². The maximum Gasteiger partial charge on any atom is 0.167 e. The first-order valence-electron chi connectivity index (χ1n) is 6.56. The summed E-state index contributed by atoms with van der Waals surface area (Å²) < 4.78 is 12.6. The van der Waals surface area contributed by atoms with Gasteiger partial charge in [0.05, 0.1) is 19.3 Å². The minimum atomic E-state index is -0.435. The summed E-state index contributed by atoms with van der Waals surface area (Å²) in [6.45, 7) is 1.34. The van der Waals surface area contributed by atoms with E-state index in [9.17, 15) is 5.11 Å². The Kier molecular flexibility index (Phi) is 3.48. The third-order valence-electron chi connectivity index (χ3n) is 3.62. The maximum absolute atomic E-state index is 10.4. The Hall–Kier alpha value is -0.740. The van der Waals surface area contributed by atoms with Crippen molar-refractivity contribution in [2.75, 3.05) is 13.2 Å². The fraction of sp³-hybridized carbons (Fsp3) is 0.571. The number of halogens is 1. The Morgan fingerprint density at radius 1 is 1.17 bits per heavy atom. The van der Waals surface area contributed by atoms with Gasteiger partial charge in [-0.3, -0.25) is 0 Å². The van der Waals surface area contributed by atoms with Crippen LogP contribution >= 0.6 is 15.9 Å². The number of aliphatic hydroxyl groups is 1. The van der Waals surface area contributed by atoms with Gasteiger partial charge in [0.1, 0.15) is 0 Å². The van der Waals surface area contributed by atoms with Crippen LogP contribution in [0.5, 0.6) is 11.5 Å². The van der Waals surface area contributed by atoms with Crippen LogP contribution in [0.15, 0.2) is 10.5 Å². The first kappa shape index (κ1) is 12.3. The van der Waals surface area contributed by atoms with E-state index in [4.69, 9.17) is 9.47 Å². The van der Waals surface area contributed by atoms with Gasteiger partial charge in [0.2, 0.25) is 0 Å². The van der Waals surface area contributed by atoms with Crippen LogP contribution in [-0.4, -0.2) is 18.3 Å². The molecule has 1 aromatic carbocycles. The number of rotatable bonds is 0. The van der Waals surface area contributed by atoms with Crippen molar-refractivity contribution in [3.63, 3.8) is 0 Å². The van der Waals surface area contributed by atoms with E-state index in [1.807, 2.05) is 6.07 Å². The molecule has 1 atom stereocenters. The number of hydrogen-bond acceptors (Lipinski definition) is 3. The smallest absolute Gasteiger partial charge is 0.167 e. The number of benzene rings is 1. The summed E-state index contributed by atoms with van der Waals surface area (Å²) in [5.41, 5.74) is 2.13. The molecule has 3 rings (SSSR count). The van der Waals surface area contributed by atoms with Gasteiger partial charge in [0.25, 0.3) is 0 Å². The molecule has 98 valence electrons. The lowest BCUT2D eigenvalue weighted by Crippen LogP contribution is -2.05. The van der Waals surface area contributed by atoms with Gasteiger partial charge in [-0.1, -0.05) is 22.4 Å². The number of ether oxygens (including phenoxy) is 2. The molecule has 1 aliphatic heterocycles. The van der Waals surface area contributed by atoms with Crippen LogP contribution in [0.3, 0.4) is 0 Å². The molecule has 2 aliphatic rings. The second kappa shape index (κ2) is 5.10. The minimum Gasteiger partial charge on any atom is -0.490 e. The molecule has 0 amide bonds. The van der Waals surface area contributed by atoms with Gasteiger partial charge in [-0.15, -0.1) is 0 Å². The second-order valence-corrected chi connectivity index (χ2v) is 5.74. The van der Waals surface area contributed by atoms with Crippen LogP contribution < -0.4 is 9.47 Å². The van der Waals surface area contributed by atoms with Crippen molar-refractivity contribution in [1.82, 2.24) is 0 Å². The van der Waals surface area contributed by atoms with E-state index in [-0.39, 0.29) is 0 Å². The van der Waals surface area contributed by atoms with Gasteiger partial charge >= 0.3 is 0 Å². The SMILES string of the molecule is O[C@H]1CCCCc2c(Br)cc3c(c21)OCCCO3. The fourth-order valence-electron chi connectivity index (χ4n) is 2.73. The first-order valence-corrected chi connectivity index (χ1v) is 7.35. The van der Waals surface area contributed by atoms with Gasteiger partial charge in [0, 0.05) is 16.5 Å². The van der Waals surface area contributed by atoms with Crippen molar-refractivity contribution in [2.45, 2.75) is 38.2 Å². The van der Waals surface area contributed by atoms with E-state index in [2.05, 4.69) is 15.9 Å². The minimum absolute atomic E-state index is 0.435. The number of fused-ring (bicyclic) bond motifs is 3. The van der Waals surface area contributed by atoms with Gasteiger partial charge in [-0.2, -0.15) is 0 Å². The third-order valence-corrected chi connectivity index (χ3v) is 4.33. The molecule has 4 heteroatoms. The van der Waals surface area contributed by atoms with Crippen molar-refractivity contribution < 1.29 is 14.6 Å². The Morgan fingerprint density at radius 3 is 2.89 bits per heavy atom. The van der Waals surface area contributed by atoms with E-state index >= 15 is 0 Å². The van der Waals surface area contributed by atoms with Crippen molar-refractivity contribution >= 4 is 15.9 Å². The van der Waals surface area contributed by atoms with Gasteiger partial charge in [-0.05, 0) is 30.9 Å². The highest BCUT2D eigenvalue weighted by molar-refractivity contribution is 9.10. The van der Waals surface area contributed by atoms with Crippen LogP contribution in [0.2, 0.25) is 0 Å². The van der Waals surface area contributed by atoms with E-state index < -0.39 is 6.10 Å². The molecule has 0 saturated carbocycles. The highest BCUT2D eigenvalue weighted by Gasteiger charge is 2.27. The van der Waals surface area contributed by atoms with Crippen LogP contribution in [0.25, 0.3) is 0 Å². The zero-order valence-corrected chi connectivity index (χ0v) is 11.8. The fourth-order valence-corrected chi connectivity index (χ4v) is 3.35. The lowest BCUT2D eigenvalue weighted by molar-refractivity contribution is 0.160. The summed E-state index contributed by atoms with van der Waals surface area (Å²) in [5.74, 6) is 1.53. The summed E-state index contributed by atoms with van der Waals surface area (Å²) in [7, 11) is 0. The van der Waals surface area contributed by atoms with Gasteiger partial charge in [0.15, 0.2) is 11.5 Å². The molecule has 1 aromatic rings. The second-order valence-electron chi connectivity index (χ2n) is 4.89. The standard InChI is InChI=1S/C14H17BrO3/c15-10-8-12-14(18-7-3-6-17-12)13-9(10)4-1-2-5-11(13)16/h8,11,16H,1-7H2/t11-/m0/s1. The molecule has 1 heterocycles. The highest BCUT2D eigenvalue weighted by Crippen LogP contribution is 2.45. The van der Waals surface area contributed by atoms with Crippen molar-refractivity contribution in [2.24, 2.45) is 0 Å². The van der Waals surface area contributed by atoms with E-state index in [0.717, 1.165) is 53.6 Å². The third kappa shape index (κ3) is 2.12. The summed E-state index contributed by atoms with van der Waals surface area (Å²) in [4.78, 5) is 0. The monoisotopic (exact) mass is 312 g/mol.